The Morgan fingerprint density at radius 2 is 1.93 bits per heavy atom. The van der Waals surface area contributed by atoms with Crippen molar-refractivity contribution in [3.05, 3.63) is 0 Å². The molecule has 1 fully saturated rings. The van der Waals surface area contributed by atoms with Gasteiger partial charge in [0.1, 0.15) is 5.60 Å². The van der Waals surface area contributed by atoms with E-state index >= 15 is 0 Å². The molecule has 0 atom stereocenters. The van der Waals surface area contributed by atoms with Gasteiger partial charge in [0.05, 0.1) is 0 Å². The van der Waals surface area contributed by atoms with E-state index in [-0.39, 0.29) is 36.0 Å². The van der Waals surface area contributed by atoms with E-state index in [9.17, 15) is 9.59 Å². The molecular weight excluding hydrogens is 497 g/mol. The van der Waals surface area contributed by atoms with Gasteiger partial charge in [-0.25, -0.2) is 4.79 Å². The summed E-state index contributed by atoms with van der Waals surface area (Å²) in [6, 6.07) is 0. The van der Waals surface area contributed by atoms with Gasteiger partial charge in [-0.1, -0.05) is 6.42 Å². The van der Waals surface area contributed by atoms with Crippen LogP contribution in [0.15, 0.2) is 4.99 Å². The van der Waals surface area contributed by atoms with Gasteiger partial charge in [0, 0.05) is 52.2 Å². The van der Waals surface area contributed by atoms with Crippen LogP contribution >= 0.6 is 24.0 Å². The predicted octanol–water partition coefficient (Wildman–Crippen LogP) is 3.21. The Hall–Kier alpha value is -1.26. The lowest BCUT2D eigenvalue weighted by molar-refractivity contribution is -0.130. The number of guanidine groups is 1. The number of aliphatic imine (C=N–C) groups is 1. The van der Waals surface area contributed by atoms with Crippen molar-refractivity contribution in [2.75, 3.05) is 45.8 Å². The third kappa shape index (κ3) is 12.4. The minimum absolute atomic E-state index is 0. The smallest absolute Gasteiger partial charge is 0.410 e. The third-order valence-corrected chi connectivity index (χ3v) is 4.58. The molecule has 0 unspecified atom stereocenters. The number of likely N-dealkylation sites (tertiary alicyclic amines) is 1. The van der Waals surface area contributed by atoms with Gasteiger partial charge < -0.3 is 25.2 Å². The van der Waals surface area contributed by atoms with Crippen molar-refractivity contribution in [1.82, 2.24) is 20.4 Å². The van der Waals surface area contributed by atoms with Crippen molar-refractivity contribution < 1.29 is 14.3 Å². The molecule has 2 amide bonds. The number of hydrogen-bond donors (Lipinski definition) is 2. The van der Waals surface area contributed by atoms with Crippen LogP contribution < -0.4 is 10.6 Å². The van der Waals surface area contributed by atoms with Gasteiger partial charge in [0.25, 0.3) is 0 Å². The lowest BCUT2D eigenvalue weighted by atomic mass is 10.2. The van der Waals surface area contributed by atoms with Crippen molar-refractivity contribution in [3.63, 3.8) is 0 Å². The van der Waals surface area contributed by atoms with Crippen LogP contribution in [-0.2, 0) is 9.53 Å². The molecule has 176 valence electrons. The Morgan fingerprint density at radius 1 is 1.20 bits per heavy atom. The molecule has 0 aromatic carbocycles. The molecule has 0 aliphatic carbocycles. The molecule has 0 bridgehead atoms. The van der Waals surface area contributed by atoms with Crippen LogP contribution in [0.25, 0.3) is 0 Å². The molecule has 30 heavy (non-hydrogen) atoms. The number of carbonyl (C=O) groups excluding carboxylic acids is 2. The zero-order valence-electron chi connectivity index (χ0n) is 19.5. The Labute approximate surface area is 199 Å². The summed E-state index contributed by atoms with van der Waals surface area (Å²) in [5.41, 5.74) is -0.497. The van der Waals surface area contributed by atoms with Crippen molar-refractivity contribution >= 4 is 41.9 Å². The van der Waals surface area contributed by atoms with Crippen LogP contribution in [0.1, 0.15) is 66.7 Å². The molecule has 1 aliphatic rings. The van der Waals surface area contributed by atoms with E-state index in [4.69, 9.17) is 4.74 Å². The predicted molar refractivity (Wildman–Crippen MR) is 133 cm³/mol. The van der Waals surface area contributed by atoms with Crippen molar-refractivity contribution in [1.29, 1.82) is 0 Å². The summed E-state index contributed by atoms with van der Waals surface area (Å²) >= 11 is 0. The fraction of sp³-hybridized carbons (Fsp3) is 0.857. The maximum absolute atomic E-state index is 12.2. The van der Waals surface area contributed by atoms with Crippen LogP contribution in [0.3, 0.4) is 0 Å². The summed E-state index contributed by atoms with van der Waals surface area (Å²) in [6.45, 7) is 14.3. The SMILES string of the molecule is CCNC(=NCCCN1CCCCCC1=O)NCCN(CC)C(=O)OC(C)(C)C.I. The standard InChI is InChI=1S/C21H41N5O3.HI/c1-6-22-19(23-13-11-16-26-15-10-8-9-12-18(26)27)24-14-17-25(7-2)20(28)29-21(3,4)5;/h6-17H2,1-5H3,(H2,22,23,24);1H. The zero-order chi connectivity index (χ0) is 21.7. The Balaban J connectivity index is 0.00000841. The number of likely N-dealkylation sites (N-methyl/N-ethyl adjacent to an activating group) is 1. The van der Waals surface area contributed by atoms with Gasteiger partial charge >= 0.3 is 6.09 Å². The number of rotatable bonds is 9. The minimum Gasteiger partial charge on any atom is -0.444 e. The molecule has 1 aliphatic heterocycles. The molecular formula is C21H42IN5O3. The Kier molecular flexibility index (Phi) is 14.9. The van der Waals surface area contributed by atoms with Crippen LogP contribution in [0, 0.1) is 0 Å². The number of amides is 2. The van der Waals surface area contributed by atoms with E-state index in [1.54, 1.807) is 4.90 Å². The van der Waals surface area contributed by atoms with Gasteiger partial charge in [-0.2, -0.15) is 0 Å². The quantitative estimate of drug-likeness (QED) is 0.204. The maximum Gasteiger partial charge on any atom is 0.410 e. The largest absolute Gasteiger partial charge is 0.444 e. The summed E-state index contributed by atoms with van der Waals surface area (Å²) in [7, 11) is 0. The van der Waals surface area contributed by atoms with E-state index in [0.29, 0.717) is 32.6 Å². The second-order valence-corrected chi connectivity index (χ2v) is 8.29. The van der Waals surface area contributed by atoms with Crippen LogP contribution in [0.5, 0.6) is 0 Å². The van der Waals surface area contributed by atoms with Crippen molar-refractivity contribution in [3.8, 4) is 0 Å². The molecule has 1 heterocycles. The molecule has 0 radical (unpaired) electrons. The number of ether oxygens (including phenoxy) is 1. The van der Waals surface area contributed by atoms with E-state index in [0.717, 1.165) is 51.3 Å². The number of halogens is 1. The molecule has 1 saturated heterocycles. The minimum atomic E-state index is -0.497. The van der Waals surface area contributed by atoms with Gasteiger partial charge in [-0.3, -0.25) is 9.79 Å². The highest BCUT2D eigenvalue weighted by Crippen LogP contribution is 2.11. The Morgan fingerprint density at radius 3 is 2.57 bits per heavy atom. The summed E-state index contributed by atoms with van der Waals surface area (Å²) in [5.74, 6) is 1.01. The van der Waals surface area contributed by atoms with E-state index in [2.05, 4.69) is 15.6 Å². The average molecular weight is 540 g/mol. The van der Waals surface area contributed by atoms with Crippen LogP contribution in [-0.4, -0.2) is 79.2 Å². The fourth-order valence-electron chi connectivity index (χ4n) is 3.08. The molecule has 1 rings (SSSR count). The molecule has 0 spiro atoms. The second-order valence-electron chi connectivity index (χ2n) is 8.29. The van der Waals surface area contributed by atoms with Gasteiger partial charge in [-0.15, -0.1) is 24.0 Å². The number of carbonyl (C=O) groups is 2. The average Bonchev–Trinajstić information content (AvgIpc) is 2.84. The maximum atomic E-state index is 12.2. The lowest BCUT2D eigenvalue weighted by Crippen LogP contribution is -2.44. The van der Waals surface area contributed by atoms with E-state index in [1.165, 1.54) is 0 Å². The molecule has 2 N–H and O–H groups in total. The highest BCUT2D eigenvalue weighted by molar-refractivity contribution is 14.0. The third-order valence-electron chi connectivity index (χ3n) is 4.58. The highest BCUT2D eigenvalue weighted by atomic mass is 127. The molecule has 9 heteroatoms. The second kappa shape index (κ2) is 15.5. The van der Waals surface area contributed by atoms with Crippen LogP contribution in [0.4, 0.5) is 4.79 Å². The van der Waals surface area contributed by atoms with Gasteiger partial charge in [0.15, 0.2) is 5.96 Å². The molecule has 8 nitrogen and oxygen atoms in total. The number of hydrogen-bond acceptors (Lipinski definition) is 4. The van der Waals surface area contributed by atoms with E-state index in [1.807, 2.05) is 39.5 Å². The van der Waals surface area contributed by atoms with Gasteiger partial charge in [0.2, 0.25) is 5.91 Å². The number of nitrogens with one attached hydrogen (secondary N) is 2. The molecule has 0 aromatic heterocycles. The number of nitrogens with zero attached hydrogens (tertiary/aromatic N) is 3. The first kappa shape index (κ1) is 28.7. The molecule has 0 aromatic rings. The van der Waals surface area contributed by atoms with Gasteiger partial charge in [-0.05, 0) is 53.9 Å². The normalized spacial score (nSPS) is 15.2. The van der Waals surface area contributed by atoms with Crippen molar-refractivity contribution in [2.45, 2.75) is 72.3 Å². The first-order valence-electron chi connectivity index (χ1n) is 11.0. The summed E-state index contributed by atoms with van der Waals surface area (Å²) in [4.78, 5) is 32.5. The lowest BCUT2D eigenvalue weighted by Gasteiger charge is -2.26. The first-order valence-corrected chi connectivity index (χ1v) is 11.0. The summed E-state index contributed by atoms with van der Waals surface area (Å²) < 4.78 is 5.43. The summed E-state index contributed by atoms with van der Waals surface area (Å²) in [5, 5.41) is 6.49. The summed E-state index contributed by atoms with van der Waals surface area (Å²) in [6.07, 6.45) is 4.49. The molecule has 0 saturated carbocycles. The monoisotopic (exact) mass is 539 g/mol. The first-order chi connectivity index (χ1) is 13.8. The fourth-order valence-corrected chi connectivity index (χ4v) is 3.08. The zero-order valence-corrected chi connectivity index (χ0v) is 21.8. The topological polar surface area (TPSA) is 86.3 Å². The van der Waals surface area contributed by atoms with Crippen molar-refractivity contribution in [2.24, 2.45) is 4.99 Å². The Bertz CT molecular complexity index is 537. The van der Waals surface area contributed by atoms with Crippen LogP contribution in [0.2, 0.25) is 0 Å². The highest BCUT2D eigenvalue weighted by Gasteiger charge is 2.20. The van der Waals surface area contributed by atoms with E-state index < -0.39 is 5.60 Å².